The molecule has 1 aromatic carbocycles. The van der Waals surface area contributed by atoms with Crippen LogP contribution in [0.5, 0.6) is 0 Å². The number of nitrogens with zero attached hydrogens (tertiary/aromatic N) is 1. The van der Waals surface area contributed by atoms with Gasteiger partial charge in [-0.15, -0.1) is 0 Å². The van der Waals surface area contributed by atoms with Crippen LogP contribution in [-0.4, -0.2) is 38.0 Å². The van der Waals surface area contributed by atoms with Crippen molar-refractivity contribution >= 4 is 29.1 Å². The van der Waals surface area contributed by atoms with E-state index in [1.165, 1.54) is 0 Å². The van der Waals surface area contributed by atoms with E-state index < -0.39 is 0 Å². The second-order valence-corrected chi connectivity index (χ2v) is 5.95. The van der Waals surface area contributed by atoms with Gasteiger partial charge in [-0.2, -0.15) is 0 Å². The van der Waals surface area contributed by atoms with Gasteiger partial charge < -0.3 is 15.5 Å². The van der Waals surface area contributed by atoms with Gasteiger partial charge in [-0.25, -0.2) is 0 Å². The molecule has 0 aromatic heterocycles. The molecule has 120 valence electrons. The van der Waals surface area contributed by atoms with E-state index in [4.69, 9.17) is 11.6 Å². The normalized spacial score (nSPS) is 17.4. The molecule has 1 aliphatic heterocycles. The number of carbonyl (C=O) groups excluding carboxylic acids is 2. The van der Waals surface area contributed by atoms with Gasteiger partial charge in [0.2, 0.25) is 11.8 Å². The van der Waals surface area contributed by atoms with Crippen molar-refractivity contribution in [1.29, 1.82) is 0 Å². The van der Waals surface area contributed by atoms with Crippen molar-refractivity contribution in [2.24, 2.45) is 5.92 Å². The Bertz CT molecular complexity index is 519. The van der Waals surface area contributed by atoms with Crippen LogP contribution >= 0.6 is 11.6 Å². The maximum Gasteiger partial charge on any atom is 0.239 e. The molecule has 1 aliphatic rings. The molecule has 0 bridgehead atoms. The summed E-state index contributed by atoms with van der Waals surface area (Å²) < 4.78 is 0. The Balaban J connectivity index is 1.71. The van der Waals surface area contributed by atoms with E-state index in [0.717, 1.165) is 30.2 Å². The van der Waals surface area contributed by atoms with Crippen molar-refractivity contribution in [1.82, 2.24) is 10.6 Å². The Morgan fingerprint density at radius 3 is 2.64 bits per heavy atom. The predicted molar refractivity (Wildman–Crippen MR) is 88.1 cm³/mol. The topological polar surface area (TPSA) is 61.4 Å². The molecule has 0 radical (unpaired) electrons. The van der Waals surface area contributed by atoms with Gasteiger partial charge in [0, 0.05) is 36.8 Å². The molecule has 1 fully saturated rings. The Labute approximate surface area is 136 Å². The summed E-state index contributed by atoms with van der Waals surface area (Å²) in [4.78, 5) is 25.0. The Morgan fingerprint density at radius 1 is 1.23 bits per heavy atom. The van der Waals surface area contributed by atoms with E-state index in [0.29, 0.717) is 18.9 Å². The number of amides is 2. The summed E-state index contributed by atoms with van der Waals surface area (Å²) in [5, 5.41) is 6.19. The Hall–Kier alpha value is -1.75. The fraction of sp³-hybridized carbons (Fsp3) is 0.500. The quantitative estimate of drug-likeness (QED) is 0.839. The number of hydrogen-bond acceptors (Lipinski definition) is 3. The van der Waals surface area contributed by atoms with Gasteiger partial charge in [-0.3, -0.25) is 9.59 Å². The van der Waals surface area contributed by atoms with Crippen molar-refractivity contribution in [3.8, 4) is 0 Å². The number of nitrogens with one attached hydrogen (secondary N) is 2. The third-order valence-corrected chi connectivity index (χ3v) is 4.08. The lowest BCUT2D eigenvalue weighted by atomic mass is 10.1. The summed E-state index contributed by atoms with van der Waals surface area (Å²) in [7, 11) is 0. The van der Waals surface area contributed by atoms with Crippen LogP contribution in [0.2, 0.25) is 5.02 Å². The monoisotopic (exact) mass is 323 g/mol. The van der Waals surface area contributed by atoms with E-state index in [2.05, 4.69) is 15.5 Å². The molecule has 2 rings (SSSR count). The van der Waals surface area contributed by atoms with Gasteiger partial charge in [0.25, 0.3) is 0 Å². The molecule has 0 unspecified atom stereocenters. The summed E-state index contributed by atoms with van der Waals surface area (Å²) in [5.74, 6) is 0.193. The fourth-order valence-electron chi connectivity index (χ4n) is 2.51. The third kappa shape index (κ3) is 4.91. The van der Waals surface area contributed by atoms with Gasteiger partial charge >= 0.3 is 0 Å². The zero-order valence-corrected chi connectivity index (χ0v) is 13.5. The number of carbonyl (C=O) groups is 2. The van der Waals surface area contributed by atoms with E-state index in [1.54, 1.807) is 6.92 Å². The molecular formula is C16H22ClN3O2. The molecule has 0 aliphatic carbocycles. The SMILES string of the molecule is CCC(=O)NCC(=O)NC[C@H]1CCN(c2ccc(Cl)cc2)C1. The van der Waals surface area contributed by atoms with Gasteiger partial charge in [0.15, 0.2) is 0 Å². The number of hydrogen-bond donors (Lipinski definition) is 2. The first kappa shape index (κ1) is 16.6. The van der Waals surface area contributed by atoms with E-state index in [9.17, 15) is 9.59 Å². The molecule has 1 aromatic rings. The van der Waals surface area contributed by atoms with Gasteiger partial charge in [0.05, 0.1) is 6.54 Å². The molecule has 0 spiro atoms. The van der Waals surface area contributed by atoms with Crippen molar-refractivity contribution in [2.45, 2.75) is 19.8 Å². The van der Waals surface area contributed by atoms with Gasteiger partial charge in [0.1, 0.15) is 0 Å². The van der Waals surface area contributed by atoms with Gasteiger partial charge in [-0.05, 0) is 36.6 Å². The predicted octanol–water partition coefficient (Wildman–Crippen LogP) is 1.81. The molecule has 22 heavy (non-hydrogen) atoms. The van der Waals surface area contributed by atoms with Crippen LogP contribution in [-0.2, 0) is 9.59 Å². The van der Waals surface area contributed by atoms with Crippen molar-refractivity contribution in [3.05, 3.63) is 29.3 Å². The summed E-state index contributed by atoms with van der Waals surface area (Å²) in [6.45, 7) is 4.36. The number of benzene rings is 1. The standard InChI is InChI=1S/C16H22ClN3O2/c1-2-15(21)19-10-16(22)18-9-12-7-8-20(11-12)14-5-3-13(17)4-6-14/h3-6,12H,2,7-11H2,1H3,(H,18,22)(H,19,21)/t12-/m1/s1. The van der Waals surface area contributed by atoms with Crippen molar-refractivity contribution in [3.63, 3.8) is 0 Å². The van der Waals surface area contributed by atoms with E-state index in [-0.39, 0.29) is 18.4 Å². The minimum Gasteiger partial charge on any atom is -0.371 e. The highest BCUT2D eigenvalue weighted by molar-refractivity contribution is 6.30. The van der Waals surface area contributed by atoms with Crippen LogP contribution in [0.1, 0.15) is 19.8 Å². The molecule has 1 saturated heterocycles. The van der Waals surface area contributed by atoms with Crippen molar-refractivity contribution < 1.29 is 9.59 Å². The maximum atomic E-state index is 11.7. The van der Waals surface area contributed by atoms with Crippen LogP contribution in [0.3, 0.4) is 0 Å². The minimum atomic E-state index is -0.133. The highest BCUT2D eigenvalue weighted by atomic mass is 35.5. The summed E-state index contributed by atoms with van der Waals surface area (Å²) in [6, 6.07) is 7.82. The largest absolute Gasteiger partial charge is 0.371 e. The molecule has 6 heteroatoms. The van der Waals surface area contributed by atoms with Crippen LogP contribution in [0, 0.1) is 5.92 Å². The maximum absolute atomic E-state index is 11.7. The Morgan fingerprint density at radius 2 is 1.95 bits per heavy atom. The van der Waals surface area contributed by atoms with E-state index >= 15 is 0 Å². The fourth-order valence-corrected chi connectivity index (χ4v) is 2.64. The molecular weight excluding hydrogens is 302 g/mol. The lowest BCUT2D eigenvalue weighted by Gasteiger charge is -2.19. The second-order valence-electron chi connectivity index (χ2n) is 5.51. The highest BCUT2D eigenvalue weighted by Gasteiger charge is 2.23. The minimum absolute atomic E-state index is 0.0558. The first-order chi connectivity index (χ1) is 10.6. The summed E-state index contributed by atoms with van der Waals surface area (Å²) in [6.07, 6.45) is 1.44. The van der Waals surface area contributed by atoms with Crippen molar-refractivity contribution in [2.75, 3.05) is 31.1 Å². The first-order valence-electron chi connectivity index (χ1n) is 7.62. The van der Waals surface area contributed by atoms with Crippen LogP contribution in [0.25, 0.3) is 0 Å². The lowest BCUT2D eigenvalue weighted by molar-refractivity contribution is -0.126. The number of rotatable bonds is 6. The molecule has 1 atom stereocenters. The number of halogens is 1. The molecule has 5 nitrogen and oxygen atoms in total. The third-order valence-electron chi connectivity index (χ3n) is 3.83. The zero-order chi connectivity index (χ0) is 15.9. The lowest BCUT2D eigenvalue weighted by Crippen LogP contribution is -2.39. The van der Waals surface area contributed by atoms with E-state index in [1.807, 2.05) is 24.3 Å². The van der Waals surface area contributed by atoms with Gasteiger partial charge in [-0.1, -0.05) is 18.5 Å². The highest BCUT2D eigenvalue weighted by Crippen LogP contribution is 2.24. The smallest absolute Gasteiger partial charge is 0.239 e. The molecule has 2 amide bonds. The zero-order valence-electron chi connectivity index (χ0n) is 12.8. The molecule has 2 N–H and O–H groups in total. The van der Waals surface area contributed by atoms with Crippen LogP contribution in [0.15, 0.2) is 24.3 Å². The molecule has 0 saturated carbocycles. The average Bonchev–Trinajstić information content (AvgIpc) is 3.00. The average molecular weight is 324 g/mol. The Kier molecular flexibility index (Phi) is 6.07. The summed E-state index contributed by atoms with van der Waals surface area (Å²) >= 11 is 5.90. The van der Waals surface area contributed by atoms with Crippen LogP contribution in [0.4, 0.5) is 5.69 Å². The number of anilines is 1. The molecule has 1 heterocycles. The first-order valence-corrected chi connectivity index (χ1v) is 8.00. The second kappa shape index (κ2) is 8.03. The van der Waals surface area contributed by atoms with Crippen LogP contribution < -0.4 is 15.5 Å². The summed E-state index contributed by atoms with van der Waals surface area (Å²) in [5.41, 5.74) is 1.16.